The third-order valence-electron chi connectivity index (χ3n) is 5.24. The molecule has 0 aliphatic heterocycles. The zero-order valence-electron chi connectivity index (χ0n) is 19.1. The topological polar surface area (TPSA) is 121 Å². The Morgan fingerprint density at radius 2 is 2.08 bits per heavy atom. The van der Waals surface area contributed by atoms with E-state index in [1.54, 1.807) is 41.5 Å². The highest BCUT2D eigenvalue weighted by atomic mass is 35.5. The van der Waals surface area contributed by atoms with Crippen molar-refractivity contribution in [3.63, 3.8) is 0 Å². The lowest BCUT2D eigenvalue weighted by Crippen LogP contribution is -2.28. The highest BCUT2D eigenvalue weighted by molar-refractivity contribution is 7.16. The number of hydrogen-bond donors (Lipinski definition) is 1. The highest BCUT2D eigenvalue weighted by Gasteiger charge is 2.25. The molecule has 0 saturated heterocycles. The number of hydrogen-bond acceptors (Lipinski definition) is 11. The fourth-order valence-corrected chi connectivity index (χ4v) is 5.72. The molecule has 0 fully saturated rings. The summed E-state index contributed by atoms with van der Waals surface area (Å²) in [5.74, 6) is -0.836. The van der Waals surface area contributed by atoms with Crippen molar-refractivity contribution in [2.75, 3.05) is 12.4 Å². The van der Waals surface area contributed by atoms with Crippen molar-refractivity contribution in [2.24, 2.45) is 0 Å². The first-order valence-electron chi connectivity index (χ1n) is 10.7. The lowest BCUT2D eigenvalue weighted by Gasteiger charge is -2.09. The van der Waals surface area contributed by atoms with Crippen LogP contribution in [0.3, 0.4) is 0 Å². The van der Waals surface area contributed by atoms with E-state index >= 15 is 0 Å². The number of ether oxygens (including phenoxy) is 1. The molecule has 0 aromatic carbocycles. The summed E-state index contributed by atoms with van der Waals surface area (Å²) in [7, 11) is 1.20. The minimum absolute atomic E-state index is 0.187. The Balaban J connectivity index is 1.58. The fraction of sp³-hybridized carbons (Fsp3) is 0.130. The number of methoxy groups -OCH3 is 1. The van der Waals surface area contributed by atoms with Crippen molar-refractivity contribution < 1.29 is 14.3 Å². The largest absolute Gasteiger partial charge is 0.465 e. The van der Waals surface area contributed by atoms with E-state index in [0.717, 1.165) is 4.88 Å². The molecule has 0 atom stereocenters. The van der Waals surface area contributed by atoms with E-state index in [2.05, 4.69) is 20.4 Å². The number of carbonyl (C=O) groups excluding carboxylic acids is 2. The molecule has 0 unspecified atom stereocenters. The van der Waals surface area contributed by atoms with Crippen LogP contribution >= 0.6 is 45.6 Å². The Bertz CT molecular complexity index is 1620. The van der Waals surface area contributed by atoms with Crippen LogP contribution in [-0.2, 0) is 17.8 Å². The summed E-state index contributed by atoms with van der Waals surface area (Å²) in [4.78, 5) is 48.8. The lowest BCUT2D eigenvalue weighted by atomic mass is 10.1. The standard InChI is InChI=1S/C23H17ClN6O4S3/c1-34-23(33)20-14(4-6-29(22(20)32)11-19-26-5-7-35-19)15-8-18(27-9-13-2-3-17(24)37-13)30(28-15)21(31)16-10-25-12-36-16/h2-8,10,12,27H,9,11H2,1H3. The van der Waals surface area contributed by atoms with E-state index in [4.69, 9.17) is 16.3 Å². The SMILES string of the molecule is COC(=O)c1c(-c2cc(NCc3ccc(Cl)s3)n(C(=O)c3cncs3)n2)ccn(Cc2nccs2)c1=O. The summed E-state index contributed by atoms with van der Waals surface area (Å²) in [6.45, 7) is 0.590. The van der Waals surface area contributed by atoms with Crippen LogP contribution < -0.4 is 10.9 Å². The summed E-state index contributed by atoms with van der Waals surface area (Å²) in [5, 5.41) is 10.2. The van der Waals surface area contributed by atoms with Gasteiger partial charge in [-0.1, -0.05) is 11.6 Å². The van der Waals surface area contributed by atoms with E-state index in [-0.39, 0.29) is 23.4 Å². The summed E-state index contributed by atoms with van der Waals surface area (Å²) in [6, 6.07) is 6.89. The molecule has 0 amide bonds. The Morgan fingerprint density at radius 3 is 2.76 bits per heavy atom. The van der Waals surface area contributed by atoms with Gasteiger partial charge in [0, 0.05) is 34.3 Å². The maximum Gasteiger partial charge on any atom is 0.344 e. The molecule has 37 heavy (non-hydrogen) atoms. The van der Waals surface area contributed by atoms with Crippen LogP contribution in [0.25, 0.3) is 11.3 Å². The van der Waals surface area contributed by atoms with Crippen molar-refractivity contribution in [1.29, 1.82) is 0 Å². The van der Waals surface area contributed by atoms with Crippen LogP contribution in [0.15, 0.2) is 58.5 Å². The van der Waals surface area contributed by atoms with Crippen molar-refractivity contribution in [2.45, 2.75) is 13.1 Å². The van der Waals surface area contributed by atoms with Gasteiger partial charge in [-0.2, -0.15) is 9.78 Å². The third-order valence-corrected chi connectivity index (χ3v) is 7.99. The number of nitrogens with zero attached hydrogens (tertiary/aromatic N) is 5. The van der Waals surface area contributed by atoms with Gasteiger partial charge in [-0.3, -0.25) is 14.6 Å². The Kier molecular flexibility index (Phi) is 7.28. The van der Waals surface area contributed by atoms with Gasteiger partial charge >= 0.3 is 5.97 Å². The van der Waals surface area contributed by atoms with Gasteiger partial charge in [0.1, 0.15) is 21.3 Å². The summed E-state index contributed by atoms with van der Waals surface area (Å²) in [5.41, 5.74) is 1.31. The lowest BCUT2D eigenvalue weighted by molar-refractivity contribution is 0.0598. The number of halogens is 1. The van der Waals surface area contributed by atoms with Gasteiger partial charge in [0.25, 0.3) is 11.5 Å². The maximum absolute atomic E-state index is 13.3. The molecular weight excluding hydrogens is 556 g/mol. The summed E-state index contributed by atoms with van der Waals surface area (Å²) < 4.78 is 8.14. The van der Waals surface area contributed by atoms with Gasteiger partial charge in [0.05, 0.1) is 41.9 Å². The molecule has 5 heterocycles. The Morgan fingerprint density at radius 1 is 1.22 bits per heavy atom. The molecule has 0 radical (unpaired) electrons. The van der Waals surface area contributed by atoms with Crippen molar-refractivity contribution in [3.05, 3.63) is 88.8 Å². The number of thiazole rings is 2. The molecule has 1 N–H and O–H groups in total. The van der Waals surface area contributed by atoms with Crippen LogP contribution in [0, 0.1) is 0 Å². The zero-order valence-corrected chi connectivity index (χ0v) is 22.3. The van der Waals surface area contributed by atoms with Gasteiger partial charge < -0.3 is 14.6 Å². The molecule has 188 valence electrons. The van der Waals surface area contributed by atoms with Crippen LogP contribution in [-0.4, -0.2) is 43.3 Å². The molecule has 10 nitrogen and oxygen atoms in total. The van der Waals surface area contributed by atoms with Crippen molar-refractivity contribution >= 4 is 63.3 Å². The summed E-state index contributed by atoms with van der Waals surface area (Å²) in [6.07, 6.45) is 4.67. The van der Waals surface area contributed by atoms with Gasteiger partial charge in [-0.25, -0.2) is 9.78 Å². The normalized spacial score (nSPS) is 11.0. The van der Waals surface area contributed by atoms with Crippen LogP contribution in [0.5, 0.6) is 0 Å². The number of aromatic nitrogens is 5. The molecule has 5 aromatic rings. The number of carbonyl (C=O) groups is 2. The molecule has 0 bridgehead atoms. The van der Waals surface area contributed by atoms with Gasteiger partial charge in [0.2, 0.25) is 0 Å². The first-order valence-corrected chi connectivity index (χ1v) is 13.6. The van der Waals surface area contributed by atoms with E-state index < -0.39 is 17.4 Å². The first kappa shape index (κ1) is 25.0. The van der Waals surface area contributed by atoms with Crippen molar-refractivity contribution in [1.82, 2.24) is 24.3 Å². The minimum Gasteiger partial charge on any atom is -0.465 e. The van der Waals surface area contributed by atoms with Gasteiger partial charge in [0.15, 0.2) is 0 Å². The van der Waals surface area contributed by atoms with Crippen LogP contribution in [0.2, 0.25) is 4.34 Å². The number of anilines is 1. The van der Waals surface area contributed by atoms with Crippen LogP contribution in [0.4, 0.5) is 5.82 Å². The fourth-order valence-electron chi connectivity index (χ4n) is 3.53. The second kappa shape index (κ2) is 10.8. The van der Waals surface area contributed by atoms with Crippen LogP contribution in [0.1, 0.15) is 29.9 Å². The molecule has 5 rings (SSSR count). The number of nitrogens with one attached hydrogen (secondary N) is 1. The average Bonchev–Trinajstić information content (AvgIpc) is 3.71. The second-order valence-electron chi connectivity index (χ2n) is 7.51. The van der Waals surface area contributed by atoms with Gasteiger partial charge in [-0.15, -0.1) is 34.0 Å². The zero-order chi connectivity index (χ0) is 25.9. The minimum atomic E-state index is -0.806. The summed E-state index contributed by atoms with van der Waals surface area (Å²) >= 11 is 10.0. The average molecular weight is 573 g/mol. The quantitative estimate of drug-likeness (QED) is 0.270. The molecule has 0 saturated carbocycles. The predicted octanol–water partition coefficient (Wildman–Crippen LogP) is 4.48. The van der Waals surface area contributed by atoms with Crippen molar-refractivity contribution in [3.8, 4) is 11.3 Å². The monoisotopic (exact) mass is 572 g/mol. The molecular formula is C23H17ClN6O4S3. The molecule has 0 aliphatic carbocycles. The van der Waals surface area contributed by atoms with E-state index in [0.29, 0.717) is 26.6 Å². The number of thiophene rings is 1. The highest BCUT2D eigenvalue weighted by Crippen LogP contribution is 2.27. The second-order valence-corrected chi connectivity index (χ2v) is 11.2. The van der Waals surface area contributed by atoms with Gasteiger partial charge in [-0.05, 0) is 18.2 Å². The Hall–Kier alpha value is -3.65. The molecule has 5 aromatic heterocycles. The molecule has 14 heteroatoms. The van der Waals surface area contributed by atoms with E-state index in [1.165, 1.54) is 56.6 Å². The first-order chi connectivity index (χ1) is 17.9. The van der Waals surface area contributed by atoms with E-state index in [9.17, 15) is 14.4 Å². The predicted molar refractivity (Wildman–Crippen MR) is 143 cm³/mol. The molecule has 0 aliphatic rings. The molecule has 0 spiro atoms. The Labute approximate surface area is 226 Å². The number of pyridine rings is 1. The van der Waals surface area contributed by atoms with E-state index in [1.807, 2.05) is 6.07 Å². The number of rotatable bonds is 8. The maximum atomic E-state index is 13.3. The smallest absolute Gasteiger partial charge is 0.344 e. The number of esters is 1. The third kappa shape index (κ3) is 5.25.